The molecule has 10 heteroatoms. The van der Waals surface area contributed by atoms with Gasteiger partial charge in [0.25, 0.3) is 5.91 Å². The van der Waals surface area contributed by atoms with E-state index >= 15 is 0 Å². The van der Waals surface area contributed by atoms with E-state index in [9.17, 15) is 13.2 Å². The van der Waals surface area contributed by atoms with Gasteiger partial charge in [0.1, 0.15) is 0 Å². The second-order valence-electron chi connectivity index (χ2n) is 9.04. The number of aliphatic imine (C=N–C) groups is 1. The van der Waals surface area contributed by atoms with E-state index in [1.54, 1.807) is 27.9 Å². The third kappa shape index (κ3) is 3.34. The Morgan fingerprint density at radius 2 is 2.00 bits per heavy atom. The number of carbonyl (C=O) groups is 1. The topological polar surface area (TPSA) is 99.9 Å². The van der Waals surface area contributed by atoms with Gasteiger partial charge in [-0.1, -0.05) is 0 Å². The minimum absolute atomic E-state index is 0.00467. The fourth-order valence-corrected chi connectivity index (χ4v) is 5.62. The molecule has 1 aliphatic carbocycles. The number of carbonyl (C=O) groups excluding carboxylic acids is 1. The minimum Gasteiger partial charge on any atom is -0.306 e. The van der Waals surface area contributed by atoms with Crippen molar-refractivity contribution in [1.29, 1.82) is 0 Å². The van der Waals surface area contributed by atoms with Crippen LogP contribution in [0.15, 0.2) is 40.5 Å². The normalized spacial score (nSPS) is 24.1. The number of anilines is 1. The van der Waals surface area contributed by atoms with E-state index in [1.165, 1.54) is 6.07 Å². The molecule has 1 fully saturated rings. The second kappa shape index (κ2) is 6.64. The lowest BCUT2D eigenvalue weighted by Crippen LogP contribution is -2.52. The molecule has 1 N–H and O–H groups in total. The lowest BCUT2D eigenvalue weighted by molar-refractivity contribution is 0.0833. The van der Waals surface area contributed by atoms with Crippen LogP contribution in [0.3, 0.4) is 0 Å². The molecular formula is C21H26N6O3S. The molecule has 1 amide bonds. The zero-order valence-electron chi connectivity index (χ0n) is 18.0. The van der Waals surface area contributed by atoms with Crippen LogP contribution in [-0.2, 0) is 23.6 Å². The van der Waals surface area contributed by atoms with Crippen molar-refractivity contribution in [1.82, 2.24) is 19.4 Å². The molecule has 164 valence electrons. The minimum atomic E-state index is -3.71. The molecule has 3 aliphatic rings. The molecule has 1 aromatic heterocycles. The summed E-state index contributed by atoms with van der Waals surface area (Å²) < 4.78 is 30.3. The van der Waals surface area contributed by atoms with Gasteiger partial charge in [-0.2, -0.15) is 5.10 Å². The lowest BCUT2D eigenvalue weighted by Gasteiger charge is -2.38. The van der Waals surface area contributed by atoms with E-state index in [0.717, 1.165) is 18.4 Å². The second-order valence-corrected chi connectivity index (χ2v) is 10.7. The molecule has 0 spiro atoms. The van der Waals surface area contributed by atoms with Crippen LogP contribution in [0, 0.1) is 0 Å². The third-order valence-corrected chi connectivity index (χ3v) is 8.01. The number of aromatic nitrogens is 2. The van der Waals surface area contributed by atoms with Gasteiger partial charge in [-0.15, -0.1) is 0 Å². The van der Waals surface area contributed by atoms with Gasteiger partial charge >= 0.3 is 0 Å². The van der Waals surface area contributed by atoms with Crippen LogP contribution in [0.1, 0.15) is 49.5 Å². The molecule has 2 aromatic rings. The average molecular weight is 443 g/mol. The van der Waals surface area contributed by atoms with Crippen molar-refractivity contribution in [2.24, 2.45) is 12.0 Å². The van der Waals surface area contributed by atoms with Crippen LogP contribution in [0.5, 0.6) is 0 Å². The standard InChI is InChI=1S/C21H26N6O3S/c1-13-14(2)27-18-6-5-16(31(29,30)24-21(3)7-8-21)9-17(18)19(28)26(20(27)23-13)12-15-10-22-25(4)11-15/h5-6,9-11,13-14,24H,7-8,12H2,1-4H3/t13-,14-/m1/s1. The summed E-state index contributed by atoms with van der Waals surface area (Å²) in [5.41, 5.74) is 1.55. The number of benzene rings is 1. The summed E-state index contributed by atoms with van der Waals surface area (Å²) in [6.45, 7) is 6.28. The summed E-state index contributed by atoms with van der Waals surface area (Å²) >= 11 is 0. The first-order valence-electron chi connectivity index (χ1n) is 10.4. The average Bonchev–Trinajstić information content (AvgIpc) is 3.14. The summed E-state index contributed by atoms with van der Waals surface area (Å²) in [5, 5.41) is 4.19. The Morgan fingerprint density at radius 3 is 2.65 bits per heavy atom. The molecule has 0 unspecified atom stereocenters. The zero-order chi connectivity index (χ0) is 22.1. The van der Waals surface area contributed by atoms with Crippen LogP contribution < -0.4 is 9.62 Å². The fourth-order valence-electron chi connectivity index (χ4n) is 4.13. The van der Waals surface area contributed by atoms with Crippen molar-refractivity contribution >= 4 is 27.6 Å². The number of sulfonamides is 1. The Labute approximate surface area is 181 Å². The Kier molecular flexibility index (Phi) is 4.32. The number of hydrogen-bond acceptors (Lipinski definition) is 6. The summed E-state index contributed by atoms with van der Waals surface area (Å²) in [6, 6.07) is 4.84. The highest BCUT2D eigenvalue weighted by molar-refractivity contribution is 7.89. The Bertz CT molecular complexity index is 1210. The van der Waals surface area contributed by atoms with Gasteiger partial charge in [0.05, 0.1) is 41.0 Å². The number of amides is 1. The van der Waals surface area contributed by atoms with Gasteiger partial charge in [0.15, 0.2) is 0 Å². The lowest BCUT2D eigenvalue weighted by atomic mass is 10.0. The number of hydrogen-bond donors (Lipinski definition) is 1. The van der Waals surface area contributed by atoms with Crippen molar-refractivity contribution in [3.8, 4) is 0 Å². The predicted octanol–water partition coefficient (Wildman–Crippen LogP) is 1.86. The fraction of sp³-hybridized carbons (Fsp3) is 0.476. The monoisotopic (exact) mass is 442 g/mol. The largest absolute Gasteiger partial charge is 0.306 e. The smallest absolute Gasteiger partial charge is 0.263 e. The van der Waals surface area contributed by atoms with Gasteiger partial charge < -0.3 is 4.90 Å². The molecule has 0 saturated heterocycles. The number of guanidine groups is 1. The molecule has 5 rings (SSSR count). The highest BCUT2D eigenvalue weighted by Gasteiger charge is 2.44. The first-order chi connectivity index (χ1) is 14.6. The van der Waals surface area contributed by atoms with E-state index in [2.05, 4.69) is 16.7 Å². The van der Waals surface area contributed by atoms with Crippen LogP contribution in [-0.4, -0.2) is 52.6 Å². The van der Waals surface area contributed by atoms with E-state index in [-0.39, 0.29) is 28.4 Å². The third-order valence-electron chi connectivity index (χ3n) is 6.37. The number of aryl methyl sites for hydroxylation is 1. The molecule has 1 aromatic carbocycles. The van der Waals surface area contributed by atoms with Crippen LogP contribution in [0.4, 0.5) is 5.69 Å². The van der Waals surface area contributed by atoms with Gasteiger partial charge in [0.2, 0.25) is 16.0 Å². The molecule has 2 aliphatic heterocycles. The number of nitrogens with one attached hydrogen (secondary N) is 1. The van der Waals surface area contributed by atoms with E-state index in [4.69, 9.17) is 4.99 Å². The van der Waals surface area contributed by atoms with Crippen LogP contribution in [0.2, 0.25) is 0 Å². The maximum Gasteiger partial charge on any atom is 0.263 e. The van der Waals surface area contributed by atoms with Crippen molar-refractivity contribution in [2.45, 2.75) is 62.7 Å². The maximum absolute atomic E-state index is 13.5. The molecule has 0 bridgehead atoms. The Morgan fingerprint density at radius 1 is 1.26 bits per heavy atom. The summed E-state index contributed by atoms with van der Waals surface area (Å²) in [4.78, 5) is 22.0. The molecule has 9 nitrogen and oxygen atoms in total. The Balaban J connectivity index is 1.57. The van der Waals surface area contributed by atoms with Gasteiger partial charge in [-0.3, -0.25) is 14.4 Å². The summed E-state index contributed by atoms with van der Waals surface area (Å²) in [7, 11) is -1.89. The molecule has 1 saturated carbocycles. The molecule has 0 radical (unpaired) electrons. The summed E-state index contributed by atoms with van der Waals surface area (Å²) in [6.07, 6.45) is 5.21. The maximum atomic E-state index is 13.5. The van der Waals surface area contributed by atoms with Gasteiger partial charge in [-0.05, 0) is 51.8 Å². The quantitative estimate of drug-likeness (QED) is 0.762. The van der Waals surface area contributed by atoms with Crippen LogP contribution in [0.25, 0.3) is 0 Å². The SMILES string of the molecule is C[C@@H]1[C@@H](C)N=C2N(Cc3cnn(C)c3)C(=O)c3cc(S(=O)(=O)NC4(C)CC4)ccc3N21. The Hall–Kier alpha value is -2.72. The first-order valence-corrected chi connectivity index (χ1v) is 11.9. The van der Waals surface area contributed by atoms with Crippen molar-refractivity contribution in [3.05, 3.63) is 41.7 Å². The zero-order valence-corrected chi connectivity index (χ0v) is 18.8. The molecule has 31 heavy (non-hydrogen) atoms. The highest BCUT2D eigenvalue weighted by atomic mass is 32.2. The van der Waals surface area contributed by atoms with Crippen molar-refractivity contribution < 1.29 is 13.2 Å². The highest BCUT2D eigenvalue weighted by Crippen LogP contribution is 2.39. The first kappa shape index (κ1) is 20.2. The number of nitrogens with zero attached hydrogens (tertiary/aromatic N) is 5. The number of rotatable bonds is 5. The predicted molar refractivity (Wildman–Crippen MR) is 116 cm³/mol. The van der Waals surface area contributed by atoms with Crippen LogP contribution >= 0.6 is 0 Å². The van der Waals surface area contributed by atoms with Gasteiger partial charge in [0, 0.05) is 24.3 Å². The molecular weight excluding hydrogens is 416 g/mol. The van der Waals surface area contributed by atoms with E-state index in [0.29, 0.717) is 23.8 Å². The molecule has 3 heterocycles. The number of fused-ring (bicyclic) bond motifs is 3. The van der Waals surface area contributed by atoms with Crippen molar-refractivity contribution in [3.63, 3.8) is 0 Å². The van der Waals surface area contributed by atoms with E-state index < -0.39 is 10.0 Å². The molecule has 2 atom stereocenters. The van der Waals surface area contributed by atoms with E-state index in [1.807, 2.05) is 32.0 Å². The van der Waals surface area contributed by atoms with Crippen molar-refractivity contribution in [2.75, 3.05) is 4.90 Å². The summed E-state index contributed by atoms with van der Waals surface area (Å²) in [5.74, 6) is 0.338. The van der Waals surface area contributed by atoms with Gasteiger partial charge in [-0.25, -0.2) is 18.1 Å².